The smallest absolute Gasteiger partial charge is 0.311 e. The predicted octanol–water partition coefficient (Wildman–Crippen LogP) is 1.16. The minimum Gasteiger partial charge on any atom is -0.481 e. The molecule has 21 heavy (non-hydrogen) atoms. The number of nitrogens with zero attached hydrogens (tertiary/aromatic N) is 3. The summed E-state index contributed by atoms with van der Waals surface area (Å²) in [5, 5.41) is 9.67. The molecular formula is C14H22N4O3. The quantitative estimate of drug-likeness (QED) is 0.759. The van der Waals surface area contributed by atoms with Crippen LogP contribution in [0.15, 0.2) is 12.3 Å². The topological polar surface area (TPSA) is 102 Å². The highest BCUT2D eigenvalue weighted by Gasteiger charge is 2.42. The van der Waals surface area contributed by atoms with E-state index in [1.807, 2.05) is 4.90 Å². The van der Waals surface area contributed by atoms with Crippen LogP contribution < -0.4 is 10.6 Å². The Hall–Kier alpha value is -1.89. The molecule has 0 unspecified atom stereocenters. The molecule has 0 amide bonds. The number of hydrogen-bond donors (Lipinski definition) is 2. The van der Waals surface area contributed by atoms with Crippen molar-refractivity contribution >= 4 is 17.7 Å². The number of nitrogen functional groups attached to an aromatic ring is 1. The van der Waals surface area contributed by atoms with Crippen LogP contribution >= 0.6 is 0 Å². The lowest BCUT2D eigenvalue weighted by molar-refractivity contribution is -0.150. The summed E-state index contributed by atoms with van der Waals surface area (Å²) in [5.74, 6) is 0.144. The summed E-state index contributed by atoms with van der Waals surface area (Å²) < 4.78 is 5.04. The molecule has 1 fully saturated rings. The van der Waals surface area contributed by atoms with Crippen LogP contribution in [0.1, 0.15) is 25.7 Å². The van der Waals surface area contributed by atoms with Gasteiger partial charge in [-0.15, -0.1) is 0 Å². The normalized spacial score (nSPS) is 22.2. The summed E-state index contributed by atoms with van der Waals surface area (Å²) >= 11 is 0. The Morgan fingerprint density at radius 1 is 1.62 bits per heavy atom. The van der Waals surface area contributed by atoms with Gasteiger partial charge in [-0.2, -0.15) is 4.98 Å². The molecule has 1 aliphatic heterocycles. The van der Waals surface area contributed by atoms with Crippen molar-refractivity contribution in [1.29, 1.82) is 0 Å². The number of aliphatic carboxylic acids is 1. The summed E-state index contributed by atoms with van der Waals surface area (Å²) in [6.45, 7) is 1.74. The van der Waals surface area contributed by atoms with Crippen molar-refractivity contribution in [2.45, 2.75) is 25.7 Å². The van der Waals surface area contributed by atoms with Crippen LogP contribution in [0.2, 0.25) is 0 Å². The first kappa shape index (κ1) is 15.5. The molecule has 1 atom stereocenters. The molecule has 1 aliphatic rings. The van der Waals surface area contributed by atoms with Crippen molar-refractivity contribution in [2.24, 2.45) is 5.41 Å². The maximum atomic E-state index is 11.8. The molecule has 7 heteroatoms. The van der Waals surface area contributed by atoms with Crippen molar-refractivity contribution in [3.05, 3.63) is 12.3 Å². The van der Waals surface area contributed by atoms with Crippen molar-refractivity contribution in [1.82, 2.24) is 9.97 Å². The predicted molar refractivity (Wildman–Crippen MR) is 79.1 cm³/mol. The molecule has 116 valence electrons. The lowest BCUT2D eigenvalue weighted by Crippen LogP contribution is -2.48. The molecule has 0 aromatic carbocycles. The second-order valence-corrected chi connectivity index (χ2v) is 5.49. The van der Waals surface area contributed by atoms with Crippen LogP contribution in [0, 0.1) is 5.41 Å². The van der Waals surface area contributed by atoms with E-state index < -0.39 is 11.4 Å². The molecule has 2 heterocycles. The summed E-state index contributed by atoms with van der Waals surface area (Å²) in [5.41, 5.74) is 4.92. The molecule has 1 aromatic rings. The van der Waals surface area contributed by atoms with Crippen LogP contribution in [-0.4, -0.2) is 47.8 Å². The first-order chi connectivity index (χ1) is 10.1. The molecule has 0 radical (unpaired) electrons. The minimum atomic E-state index is -0.759. The number of anilines is 2. The van der Waals surface area contributed by atoms with Crippen LogP contribution in [0.5, 0.6) is 0 Å². The van der Waals surface area contributed by atoms with Crippen molar-refractivity contribution in [3.63, 3.8) is 0 Å². The fraction of sp³-hybridized carbons (Fsp3) is 0.643. The van der Waals surface area contributed by atoms with E-state index in [9.17, 15) is 9.90 Å². The van der Waals surface area contributed by atoms with Gasteiger partial charge in [0.2, 0.25) is 5.95 Å². The fourth-order valence-electron chi connectivity index (χ4n) is 2.86. The van der Waals surface area contributed by atoms with Crippen molar-refractivity contribution < 1.29 is 14.6 Å². The van der Waals surface area contributed by atoms with Gasteiger partial charge >= 0.3 is 5.97 Å². The molecular weight excluding hydrogens is 272 g/mol. The zero-order chi connectivity index (χ0) is 15.3. The Labute approximate surface area is 124 Å². The zero-order valence-electron chi connectivity index (χ0n) is 12.3. The average Bonchev–Trinajstić information content (AvgIpc) is 2.48. The van der Waals surface area contributed by atoms with Crippen molar-refractivity contribution in [3.8, 4) is 0 Å². The second-order valence-electron chi connectivity index (χ2n) is 5.49. The van der Waals surface area contributed by atoms with E-state index in [1.54, 1.807) is 19.4 Å². The number of ether oxygens (including phenoxy) is 1. The third-order valence-corrected chi connectivity index (χ3v) is 3.98. The Bertz CT molecular complexity index is 497. The third-order valence-electron chi connectivity index (χ3n) is 3.98. The zero-order valence-corrected chi connectivity index (χ0v) is 12.3. The van der Waals surface area contributed by atoms with E-state index in [0.717, 1.165) is 19.4 Å². The van der Waals surface area contributed by atoms with Gasteiger partial charge in [0.05, 0.1) is 5.41 Å². The van der Waals surface area contributed by atoms with Gasteiger partial charge in [-0.3, -0.25) is 4.79 Å². The summed E-state index contributed by atoms with van der Waals surface area (Å²) in [6.07, 6.45) is 4.39. The monoisotopic (exact) mass is 294 g/mol. The number of aromatic nitrogens is 2. The first-order valence-corrected chi connectivity index (χ1v) is 7.13. The molecule has 0 saturated carbocycles. The summed E-state index contributed by atoms with van der Waals surface area (Å²) in [6, 6.07) is 1.62. The number of carboxylic acids is 1. The van der Waals surface area contributed by atoms with Crippen LogP contribution in [0.25, 0.3) is 0 Å². The van der Waals surface area contributed by atoms with E-state index in [2.05, 4.69) is 9.97 Å². The number of hydrogen-bond acceptors (Lipinski definition) is 6. The Kier molecular flexibility index (Phi) is 4.95. The Balaban J connectivity index is 2.14. The Morgan fingerprint density at radius 3 is 3.10 bits per heavy atom. The van der Waals surface area contributed by atoms with E-state index in [4.69, 9.17) is 10.5 Å². The van der Waals surface area contributed by atoms with Crippen LogP contribution in [0.4, 0.5) is 11.8 Å². The molecule has 1 saturated heterocycles. The highest BCUT2D eigenvalue weighted by Crippen LogP contribution is 2.36. The molecule has 0 bridgehead atoms. The maximum Gasteiger partial charge on any atom is 0.311 e. The lowest BCUT2D eigenvalue weighted by atomic mass is 9.76. The van der Waals surface area contributed by atoms with Gasteiger partial charge in [-0.25, -0.2) is 4.98 Å². The Morgan fingerprint density at radius 2 is 2.43 bits per heavy atom. The molecule has 2 rings (SSSR count). The number of carbonyl (C=O) groups is 1. The average molecular weight is 294 g/mol. The van der Waals surface area contributed by atoms with Gasteiger partial charge < -0.3 is 20.5 Å². The van der Waals surface area contributed by atoms with E-state index in [0.29, 0.717) is 37.8 Å². The van der Waals surface area contributed by atoms with E-state index in [-0.39, 0.29) is 0 Å². The van der Waals surface area contributed by atoms with Gasteiger partial charge in [-0.05, 0) is 31.7 Å². The molecule has 1 aromatic heterocycles. The number of methoxy groups -OCH3 is 1. The molecule has 3 N–H and O–H groups in total. The molecule has 7 nitrogen and oxygen atoms in total. The number of piperidine rings is 1. The number of nitrogens with two attached hydrogens (primary N) is 1. The van der Waals surface area contributed by atoms with Crippen molar-refractivity contribution in [2.75, 3.05) is 37.4 Å². The van der Waals surface area contributed by atoms with Gasteiger partial charge in [0.25, 0.3) is 0 Å². The van der Waals surface area contributed by atoms with Gasteiger partial charge in [0.15, 0.2) is 0 Å². The van der Waals surface area contributed by atoms with Crippen LogP contribution in [-0.2, 0) is 9.53 Å². The van der Waals surface area contributed by atoms with E-state index >= 15 is 0 Å². The highest BCUT2D eigenvalue weighted by molar-refractivity contribution is 5.76. The largest absolute Gasteiger partial charge is 0.481 e. The standard InChI is InChI=1S/C14H22N4O3/c1-21-9-3-6-14(12(19)20)5-2-8-18(10-14)13-16-7-4-11(15)17-13/h4,7H,2-3,5-6,8-10H2,1H3,(H,19,20)(H2,15,16,17)/t14-/m0/s1. The summed E-state index contributed by atoms with van der Waals surface area (Å²) in [7, 11) is 1.63. The fourth-order valence-corrected chi connectivity index (χ4v) is 2.86. The SMILES string of the molecule is COCCC[C@@]1(C(=O)O)CCCN(c2nccc(N)n2)C1. The first-order valence-electron chi connectivity index (χ1n) is 7.13. The number of carboxylic acid groups (broad SMARTS) is 1. The molecule has 0 aliphatic carbocycles. The van der Waals surface area contributed by atoms with Gasteiger partial charge in [0.1, 0.15) is 5.82 Å². The highest BCUT2D eigenvalue weighted by atomic mass is 16.5. The van der Waals surface area contributed by atoms with Crippen LogP contribution in [0.3, 0.4) is 0 Å². The molecule has 0 spiro atoms. The van der Waals surface area contributed by atoms with Gasteiger partial charge in [-0.1, -0.05) is 0 Å². The van der Waals surface area contributed by atoms with E-state index in [1.165, 1.54) is 0 Å². The summed E-state index contributed by atoms with van der Waals surface area (Å²) in [4.78, 5) is 22.1. The lowest BCUT2D eigenvalue weighted by Gasteiger charge is -2.40. The van der Waals surface area contributed by atoms with Gasteiger partial charge in [0, 0.05) is 33.0 Å². The number of rotatable bonds is 6. The second kappa shape index (κ2) is 6.71. The third kappa shape index (κ3) is 3.60. The maximum absolute atomic E-state index is 11.8. The minimum absolute atomic E-state index is 0.394.